The van der Waals surface area contributed by atoms with Crippen LogP contribution in [0.1, 0.15) is 33.4 Å². The molecule has 0 aliphatic rings. The number of aromatic nitrogens is 2. The highest BCUT2D eigenvalue weighted by atomic mass is 32.1. The molecule has 2 aromatic heterocycles. The fraction of sp³-hybridized carbons (Fsp3) is 0.167. The molecule has 0 saturated heterocycles. The number of nitrogens with zero attached hydrogens (tertiary/aromatic N) is 2. The van der Waals surface area contributed by atoms with Crippen LogP contribution in [0.4, 0.5) is 0 Å². The van der Waals surface area contributed by atoms with Gasteiger partial charge < -0.3 is 9.67 Å². The highest BCUT2D eigenvalue weighted by Gasteiger charge is 2.11. The van der Waals surface area contributed by atoms with Crippen LogP contribution in [0.3, 0.4) is 0 Å². The number of aromatic carboxylic acids is 1. The Morgan fingerprint density at radius 1 is 1.33 bits per heavy atom. The summed E-state index contributed by atoms with van der Waals surface area (Å²) in [7, 11) is 0. The number of carboxylic acid groups (broad SMARTS) is 1. The molecule has 0 amide bonds. The van der Waals surface area contributed by atoms with E-state index in [1.54, 1.807) is 28.0 Å². The van der Waals surface area contributed by atoms with Crippen LogP contribution >= 0.6 is 11.3 Å². The van der Waals surface area contributed by atoms with Crippen molar-refractivity contribution >= 4 is 40.5 Å². The number of hydrogen-bond acceptors (Lipinski definition) is 4. The lowest BCUT2D eigenvalue weighted by molar-refractivity contribution is 0.0697. The lowest BCUT2D eigenvalue weighted by Gasteiger charge is -2.09. The summed E-state index contributed by atoms with van der Waals surface area (Å²) < 4.78 is 1.61. The Kier molecular flexibility index (Phi) is 4.31. The standard InChI is InChI=1S/C18H16N2O3S/c1-3-20-15-6-4-12(18(22)23)10-14(15)19-13(17(20)21)5-7-16-11(2)8-9-24-16/h4-10H,3H2,1-2H3,(H,22,23)/b7-5+. The smallest absolute Gasteiger partial charge is 0.335 e. The summed E-state index contributed by atoms with van der Waals surface area (Å²) >= 11 is 1.59. The first-order chi connectivity index (χ1) is 11.5. The zero-order valence-corrected chi connectivity index (χ0v) is 14.1. The van der Waals surface area contributed by atoms with E-state index in [1.807, 2.05) is 31.4 Å². The topological polar surface area (TPSA) is 72.2 Å². The number of fused-ring (bicyclic) bond motifs is 1. The molecule has 6 heteroatoms. The third-order valence-corrected chi connectivity index (χ3v) is 4.81. The van der Waals surface area contributed by atoms with E-state index < -0.39 is 5.97 Å². The minimum atomic E-state index is -1.01. The van der Waals surface area contributed by atoms with Crippen molar-refractivity contribution < 1.29 is 9.90 Å². The summed E-state index contributed by atoms with van der Waals surface area (Å²) in [4.78, 5) is 29.2. The van der Waals surface area contributed by atoms with Crippen molar-refractivity contribution in [1.29, 1.82) is 0 Å². The van der Waals surface area contributed by atoms with Crippen molar-refractivity contribution in [1.82, 2.24) is 9.55 Å². The molecule has 0 spiro atoms. The van der Waals surface area contributed by atoms with Crippen molar-refractivity contribution in [3.05, 3.63) is 61.7 Å². The van der Waals surface area contributed by atoms with E-state index in [-0.39, 0.29) is 11.1 Å². The second-order valence-corrected chi connectivity index (χ2v) is 6.30. The van der Waals surface area contributed by atoms with Crippen molar-refractivity contribution in [2.24, 2.45) is 0 Å². The highest BCUT2D eigenvalue weighted by Crippen LogP contribution is 2.19. The van der Waals surface area contributed by atoms with Crippen LogP contribution in [0.2, 0.25) is 0 Å². The highest BCUT2D eigenvalue weighted by molar-refractivity contribution is 7.11. The van der Waals surface area contributed by atoms with E-state index in [0.717, 1.165) is 10.4 Å². The lowest BCUT2D eigenvalue weighted by atomic mass is 10.2. The van der Waals surface area contributed by atoms with Crippen LogP contribution in [0, 0.1) is 6.92 Å². The van der Waals surface area contributed by atoms with E-state index in [0.29, 0.717) is 23.3 Å². The Hall–Kier alpha value is -2.73. The van der Waals surface area contributed by atoms with Gasteiger partial charge in [0.15, 0.2) is 0 Å². The van der Waals surface area contributed by atoms with Gasteiger partial charge in [-0.3, -0.25) is 4.79 Å². The molecule has 3 aromatic rings. The molecule has 0 atom stereocenters. The average Bonchev–Trinajstić information content (AvgIpc) is 2.97. The first-order valence-corrected chi connectivity index (χ1v) is 8.39. The molecule has 1 aromatic carbocycles. The van der Waals surface area contributed by atoms with Crippen molar-refractivity contribution in [2.75, 3.05) is 0 Å². The lowest BCUT2D eigenvalue weighted by Crippen LogP contribution is -2.23. The average molecular weight is 340 g/mol. The fourth-order valence-corrected chi connectivity index (χ4v) is 3.35. The fourth-order valence-electron chi connectivity index (χ4n) is 2.53. The Bertz CT molecular complexity index is 1010. The number of benzene rings is 1. The van der Waals surface area contributed by atoms with Gasteiger partial charge in [0.1, 0.15) is 5.69 Å². The van der Waals surface area contributed by atoms with Crippen LogP contribution in [0.15, 0.2) is 34.4 Å². The minimum Gasteiger partial charge on any atom is -0.478 e. The number of carbonyl (C=O) groups is 1. The Labute approximate surface area is 142 Å². The molecule has 122 valence electrons. The number of aryl methyl sites for hydroxylation is 2. The Morgan fingerprint density at radius 3 is 2.75 bits per heavy atom. The predicted octanol–water partition coefficient (Wildman–Crippen LogP) is 3.65. The van der Waals surface area contributed by atoms with Crippen LogP contribution in [-0.2, 0) is 6.54 Å². The summed E-state index contributed by atoms with van der Waals surface area (Å²) in [6.45, 7) is 4.37. The van der Waals surface area contributed by atoms with E-state index in [1.165, 1.54) is 12.1 Å². The summed E-state index contributed by atoms with van der Waals surface area (Å²) in [6, 6.07) is 6.63. The molecule has 24 heavy (non-hydrogen) atoms. The number of thiophene rings is 1. The summed E-state index contributed by atoms with van der Waals surface area (Å²) in [6.07, 6.45) is 3.57. The molecule has 2 heterocycles. The molecule has 0 bridgehead atoms. The van der Waals surface area contributed by atoms with Gasteiger partial charge in [-0.05, 0) is 61.2 Å². The van der Waals surface area contributed by atoms with E-state index >= 15 is 0 Å². The molecule has 0 radical (unpaired) electrons. The van der Waals surface area contributed by atoms with Crippen LogP contribution in [0.25, 0.3) is 23.2 Å². The Morgan fingerprint density at radius 2 is 2.12 bits per heavy atom. The SMILES string of the molecule is CCn1c(=O)c(/C=C/c2sccc2C)nc2cc(C(=O)O)ccc21. The quantitative estimate of drug-likeness (QED) is 0.787. The van der Waals surface area contributed by atoms with Crippen LogP contribution in [-0.4, -0.2) is 20.6 Å². The molecule has 0 unspecified atom stereocenters. The molecule has 0 fully saturated rings. The van der Waals surface area contributed by atoms with Gasteiger partial charge in [0.05, 0.1) is 16.6 Å². The van der Waals surface area contributed by atoms with Crippen molar-refractivity contribution in [3.8, 4) is 0 Å². The van der Waals surface area contributed by atoms with E-state index in [2.05, 4.69) is 4.98 Å². The van der Waals surface area contributed by atoms with Gasteiger partial charge in [-0.2, -0.15) is 0 Å². The molecule has 3 rings (SSSR count). The first-order valence-electron chi connectivity index (χ1n) is 7.51. The maximum atomic E-state index is 12.6. The predicted molar refractivity (Wildman–Crippen MR) is 96.6 cm³/mol. The monoisotopic (exact) mass is 340 g/mol. The first kappa shape index (κ1) is 16.1. The maximum Gasteiger partial charge on any atom is 0.335 e. The third kappa shape index (κ3) is 2.88. The second-order valence-electron chi connectivity index (χ2n) is 5.36. The van der Waals surface area contributed by atoms with Gasteiger partial charge in [0.25, 0.3) is 5.56 Å². The van der Waals surface area contributed by atoms with E-state index in [9.17, 15) is 9.59 Å². The second kappa shape index (κ2) is 6.41. The van der Waals surface area contributed by atoms with Gasteiger partial charge in [-0.1, -0.05) is 0 Å². The van der Waals surface area contributed by atoms with Gasteiger partial charge in [-0.25, -0.2) is 9.78 Å². The molecular formula is C18H16N2O3S. The maximum absolute atomic E-state index is 12.6. The zero-order chi connectivity index (χ0) is 17.3. The normalized spacial score (nSPS) is 11.4. The third-order valence-electron chi connectivity index (χ3n) is 3.83. The molecule has 5 nitrogen and oxygen atoms in total. The molecule has 1 N–H and O–H groups in total. The van der Waals surface area contributed by atoms with E-state index in [4.69, 9.17) is 5.11 Å². The largest absolute Gasteiger partial charge is 0.478 e. The zero-order valence-electron chi connectivity index (χ0n) is 13.3. The van der Waals surface area contributed by atoms with Crippen molar-refractivity contribution in [3.63, 3.8) is 0 Å². The summed E-state index contributed by atoms with van der Waals surface area (Å²) in [5, 5.41) is 11.1. The number of rotatable bonds is 4. The molecule has 0 aliphatic carbocycles. The molecule has 0 saturated carbocycles. The number of hydrogen-bond donors (Lipinski definition) is 1. The van der Waals surface area contributed by atoms with Crippen LogP contribution in [0.5, 0.6) is 0 Å². The van der Waals surface area contributed by atoms with Gasteiger partial charge in [-0.15, -0.1) is 11.3 Å². The molecular weight excluding hydrogens is 324 g/mol. The Balaban J connectivity index is 2.18. The van der Waals surface area contributed by atoms with Crippen LogP contribution < -0.4 is 5.56 Å². The van der Waals surface area contributed by atoms with Gasteiger partial charge in [0.2, 0.25) is 0 Å². The van der Waals surface area contributed by atoms with Gasteiger partial charge in [0, 0.05) is 11.4 Å². The molecule has 0 aliphatic heterocycles. The van der Waals surface area contributed by atoms with Gasteiger partial charge >= 0.3 is 5.97 Å². The number of carboxylic acids is 1. The minimum absolute atomic E-state index is 0.153. The summed E-state index contributed by atoms with van der Waals surface area (Å²) in [5.41, 5.74) is 2.55. The van der Waals surface area contributed by atoms with Crippen molar-refractivity contribution in [2.45, 2.75) is 20.4 Å². The summed E-state index contributed by atoms with van der Waals surface area (Å²) in [5.74, 6) is -1.01.